The number of hydrogen-bond donors (Lipinski definition) is 0. The highest BCUT2D eigenvalue weighted by Crippen LogP contribution is 2.33. The summed E-state index contributed by atoms with van der Waals surface area (Å²) in [5.74, 6) is 1.66. The molecular weight excluding hydrogens is 293 g/mol. The molecule has 0 spiro atoms. The van der Waals surface area contributed by atoms with Gasteiger partial charge in [-0.3, -0.25) is 4.98 Å². The van der Waals surface area contributed by atoms with Crippen molar-refractivity contribution in [3.63, 3.8) is 0 Å². The van der Waals surface area contributed by atoms with Crippen molar-refractivity contribution in [2.75, 3.05) is 0 Å². The number of fused-ring (bicyclic) bond motifs is 1. The number of para-hydroxylation sites is 2. The summed E-state index contributed by atoms with van der Waals surface area (Å²) < 4.78 is 5.93. The molecule has 0 bridgehead atoms. The molecule has 100 valence electrons. The number of hydrogen-bond acceptors (Lipinski definition) is 2. The van der Waals surface area contributed by atoms with Crippen LogP contribution in [0.3, 0.4) is 0 Å². The van der Waals surface area contributed by atoms with Gasteiger partial charge in [0.25, 0.3) is 0 Å². The molecule has 20 heavy (non-hydrogen) atoms. The second kappa shape index (κ2) is 5.70. The average molecular weight is 304 g/mol. The van der Waals surface area contributed by atoms with Gasteiger partial charge in [0.1, 0.15) is 11.5 Å². The highest BCUT2D eigenvalue weighted by Gasteiger charge is 2.09. The Balaban J connectivity index is 2.13. The van der Waals surface area contributed by atoms with Crippen molar-refractivity contribution in [2.45, 2.75) is 5.88 Å². The quantitative estimate of drug-likeness (QED) is 0.603. The first-order valence-electron chi connectivity index (χ1n) is 6.15. The topological polar surface area (TPSA) is 22.1 Å². The lowest BCUT2D eigenvalue weighted by Gasteiger charge is -2.11. The smallest absolute Gasteiger partial charge is 0.146 e. The lowest BCUT2D eigenvalue weighted by Crippen LogP contribution is -1.92. The molecule has 2 aromatic carbocycles. The Kier molecular flexibility index (Phi) is 3.77. The number of nitrogens with zero attached hydrogens (tertiary/aromatic N) is 1. The first kappa shape index (κ1) is 13.2. The number of pyridine rings is 1. The molecule has 0 atom stereocenters. The van der Waals surface area contributed by atoms with Crippen LogP contribution in [0.4, 0.5) is 0 Å². The second-order valence-corrected chi connectivity index (χ2v) is 4.97. The van der Waals surface area contributed by atoms with Gasteiger partial charge in [-0.1, -0.05) is 35.9 Å². The van der Waals surface area contributed by atoms with Crippen molar-refractivity contribution >= 4 is 34.1 Å². The van der Waals surface area contributed by atoms with Crippen LogP contribution in [0.2, 0.25) is 5.02 Å². The Hall–Kier alpha value is -1.77. The molecule has 0 radical (unpaired) electrons. The summed E-state index contributed by atoms with van der Waals surface area (Å²) in [4.78, 5) is 4.47. The van der Waals surface area contributed by atoms with Gasteiger partial charge in [0.15, 0.2) is 0 Å². The third-order valence-electron chi connectivity index (χ3n) is 2.92. The fourth-order valence-electron chi connectivity index (χ4n) is 1.99. The van der Waals surface area contributed by atoms with Gasteiger partial charge in [-0.05, 0) is 24.3 Å². The van der Waals surface area contributed by atoms with Crippen LogP contribution in [-0.4, -0.2) is 4.98 Å². The molecule has 1 aromatic heterocycles. The van der Waals surface area contributed by atoms with E-state index in [1.807, 2.05) is 48.5 Å². The minimum Gasteiger partial charge on any atom is -0.455 e. The van der Waals surface area contributed by atoms with Crippen LogP contribution in [0, 0.1) is 0 Å². The highest BCUT2D eigenvalue weighted by molar-refractivity contribution is 6.32. The zero-order chi connectivity index (χ0) is 13.9. The fourth-order valence-corrected chi connectivity index (χ4v) is 2.31. The predicted octanol–water partition coefficient (Wildman–Crippen LogP) is 5.42. The van der Waals surface area contributed by atoms with E-state index in [9.17, 15) is 0 Å². The fraction of sp³-hybridized carbons (Fsp3) is 0.0625. The second-order valence-electron chi connectivity index (χ2n) is 4.29. The Morgan fingerprint density at radius 2 is 1.70 bits per heavy atom. The minimum atomic E-state index is 0.337. The molecule has 0 amide bonds. The largest absolute Gasteiger partial charge is 0.455 e. The number of aromatic nitrogens is 1. The van der Waals surface area contributed by atoms with Gasteiger partial charge in [-0.15, -0.1) is 11.6 Å². The summed E-state index contributed by atoms with van der Waals surface area (Å²) >= 11 is 12.0. The zero-order valence-corrected chi connectivity index (χ0v) is 12.0. The van der Waals surface area contributed by atoms with Crippen LogP contribution in [-0.2, 0) is 5.88 Å². The standard InChI is InChI=1S/C16H11Cl2NO/c17-10-11-9-16(12-5-1-3-7-14(12)19-11)20-15-8-4-2-6-13(15)18/h1-9H,10H2. The molecule has 0 aliphatic carbocycles. The number of benzene rings is 2. The molecule has 0 saturated carbocycles. The Labute approximate surface area is 126 Å². The predicted molar refractivity (Wildman–Crippen MR) is 82.8 cm³/mol. The van der Waals surface area contributed by atoms with Crippen molar-refractivity contribution in [3.05, 3.63) is 65.3 Å². The number of rotatable bonds is 3. The van der Waals surface area contributed by atoms with E-state index in [-0.39, 0.29) is 0 Å². The summed E-state index contributed by atoms with van der Waals surface area (Å²) in [5.41, 5.74) is 1.63. The molecule has 0 fully saturated rings. The maximum Gasteiger partial charge on any atom is 0.146 e. The van der Waals surface area contributed by atoms with Crippen LogP contribution < -0.4 is 4.74 Å². The first-order valence-corrected chi connectivity index (χ1v) is 7.06. The normalized spacial score (nSPS) is 10.7. The van der Waals surface area contributed by atoms with Gasteiger partial charge in [-0.2, -0.15) is 0 Å². The van der Waals surface area contributed by atoms with Crippen molar-refractivity contribution in [3.8, 4) is 11.5 Å². The van der Waals surface area contributed by atoms with Crippen LogP contribution in [0.15, 0.2) is 54.6 Å². The Morgan fingerprint density at radius 1 is 0.950 bits per heavy atom. The van der Waals surface area contributed by atoms with Crippen molar-refractivity contribution < 1.29 is 4.74 Å². The van der Waals surface area contributed by atoms with E-state index in [0.29, 0.717) is 22.4 Å². The average Bonchev–Trinajstić information content (AvgIpc) is 2.49. The number of alkyl halides is 1. The van der Waals surface area contributed by atoms with E-state index in [0.717, 1.165) is 16.6 Å². The maximum absolute atomic E-state index is 6.13. The van der Waals surface area contributed by atoms with E-state index >= 15 is 0 Å². The Bertz CT molecular complexity index is 758. The number of halogens is 2. The molecule has 1 heterocycles. The van der Waals surface area contributed by atoms with E-state index in [2.05, 4.69) is 4.98 Å². The van der Waals surface area contributed by atoms with Gasteiger partial charge < -0.3 is 4.74 Å². The van der Waals surface area contributed by atoms with Crippen molar-refractivity contribution in [2.24, 2.45) is 0 Å². The SMILES string of the molecule is ClCc1cc(Oc2ccccc2Cl)c2ccccc2n1. The van der Waals surface area contributed by atoms with Crippen LogP contribution >= 0.6 is 23.2 Å². The zero-order valence-electron chi connectivity index (χ0n) is 10.5. The van der Waals surface area contributed by atoms with E-state index < -0.39 is 0 Å². The lowest BCUT2D eigenvalue weighted by atomic mass is 10.2. The van der Waals surface area contributed by atoms with Crippen LogP contribution in [0.25, 0.3) is 10.9 Å². The monoisotopic (exact) mass is 303 g/mol. The van der Waals surface area contributed by atoms with Crippen molar-refractivity contribution in [1.29, 1.82) is 0 Å². The Morgan fingerprint density at radius 3 is 2.50 bits per heavy atom. The molecule has 4 heteroatoms. The molecule has 0 aliphatic heterocycles. The molecular formula is C16H11Cl2NO. The molecule has 2 nitrogen and oxygen atoms in total. The third-order valence-corrected chi connectivity index (χ3v) is 3.51. The molecule has 0 saturated heterocycles. The van der Waals surface area contributed by atoms with E-state index in [1.54, 1.807) is 6.07 Å². The molecule has 3 rings (SSSR count). The van der Waals surface area contributed by atoms with Gasteiger partial charge in [-0.25, -0.2) is 0 Å². The molecule has 3 aromatic rings. The number of ether oxygens (including phenoxy) is 1. The van der Waals surface area contributed by atoms with E-state index in [4.69, 9.17) is 27.9 Å². The summed E-state index contributed by atoms with van der Waals surface area (Å²) in [6.45, 7) is 0. The van der Waals surface area contributed by atoms with Gasteiger partial charge in [0.2, 0.25) is 0 Å². The summed E-state index contributed by atoms with van der Waals surface area (Å²) in [5, 5.41) is 1.50. The van der Waals surface area contributed by atoms with E-state index in [1.165, 1.54) is 0 Å². The highest BCUT2D eigenvalue weighted by atomic mass is 35.5. The summed E-state index contributed by atoms with van der Waals surface area (Å²) in [6, 6.07) is 17.0. The first-order chi connectivity index (χ1) is 9.78. The minimum absolute atomic E-state index is 0.337. The third kappa shape index (κ3) is 2.58. The van der Waals surface area contributed by atoms with Gasteiger partial charge >= 0.3 is 0 Å². The van der Waals surface area contributed by atoms with Crippen LogP contribution in [0.1, 0.15) is 5.69 Å². The van der Waals surface area contributed by atoms with Gasteiger partial charge in [0.05, 0.1) is 22.1 Å². The van der Waals surface area contributed by atoms with Gasteiger partial charge in [0, 0.05) is 11.5 Å². The summed E-state index contributed by atoms with van der Waals surface area (Å²) in [7, 11) is 0. The van der Waals surface area contributed by atoms with Crippen LogP contribution in [0.5, 0.6) is 11.5 Å². The summed E-state index contributed by atoms with van der Waals surface area (Å²) in [6.07, 6.45) is 0. The molecule has 0 N–H and O–H groups in total. The molecule has 0 unspecified atom stereocenters. The maximum atomic E-state index is 6.13. The lowest BCUT2D eigenvalue weighted by molar-refractivity contribution is 0.487. The van der Waals surface area contributed by atoms with Crippen molar-refractivity contribution in [1.82, 2.24) is 4.98 Å². The molecule has 0 aliphatic rings.